The Hall–Kier alpha value is -3.79. The van der Waals surface area contributed by atoms with Crippen molar-refractivity contribution in [3.05, 3.63) is 70.9 Å². The molecule has 1 unspecified atom stereocenters. The molecule has 0 spiro atoms. The molecule has 0 saturated heterocycles. The van der Waals surface area contributed by atoms with Crippen LogP contribution in [-0.2, 0) is 9.53 Å². The molecule has 0 radical (unpaired) electrons. The number of ether oxygens (including phenoxy) is 2. The molecule has 188 valence electrons. The maximum atomic E-state index is 13.7. The number of anilines is 2. The van der Waals surface area contributed by atoms with E-state index in [1.807, 2.05) is 32.0 Å². The van der Waals surface area contributed by atoms with Crippen molar-refractivity contribution in [1.82, 2.24) is 14.8 Å². The van der Waals surface area contributed by atoms with Crippen LogP contribution in [0.25, 0.3) is 0 Å². The van der Waals surface area contributed by atoms with Crippen molar-refractivity contribution in [2.75, 3.05) is 30.1 Å². The van der Waals surface area contributed by atoms with Crippen molar-refractivity contribution in [2.45, 2.75) is 38.4 Å². The first-order valence-corrected chi connectivity index (χ1v) is 12.7. The van der Waals surface area contributed by atoms with Gasteiger partial charge < -0.3 is 20.1 Å². The van der Waals surface area contributed by atoms with Crippen LogP contribution in [0.2, 0.25) is 0 Å². The third-order valence-electron chi connectivity index (χ3n) is 5.60. The number of nitrogens with one attached hydrogen (secondary N) is 2. The molecule has 2 N–H and O–H groups in total. The summed E-state index contributed by atoms with van der Waals surface area (Å²) in [6, 6.07) is 13.7. The SMILES string of the molecule is CCCSc1nc2n(n1)C(c1ccc(C(=O)OC)cc1)C(C(=O)Nc1ccccc1OCC)=C(C)N2. The first-order chi connectivity index (χ1) is 17.5. The average molecular weight is 508 g/mol. The summed E-state index contributed by atoms with van der Waals surface area (Å²) >= 11 is 1.56. The van der Waals surface area contributed by atoms with E-state index < -0.39 is 12.0 Å². The van der Waals surface area contributed by atoms with E-state index in [-0.39, 0.29) is 5.91 Å². The lowest BCUT2D eigenvalue weighted by Crippen LogP contribution is -2.31. The summed E-state index contributed by atoms with van der Waals surface area (Å²) < 4.78 is 12.2. The van der Waals surface area contributed by atoms with Crippen molar-refractivity contribution < 1.29 is 19.1 Å². The Morgan fingerprint density at radius 2 is 1.89 bits per heavy atom. The van der Waals surface area contributed by atoms with E-state index in [2.05, 4.69) is 22.5 Å². The quantitative estimate of drug-likeness (QED) is 0.311. The Kier molecular flexibility index (Phi) is 7.94. The van der Waals surface area contributed by atoms with Crippen LogP contribution in [0.4, 0.5) is 11.6 Å². The number of allylic oxidation sites excluding steroid dienone is 1. The largest absolute Gasteiger partial charge is 0.492 e. The number of methoxy groups -OCH3 is 1. The van der Waals surface area contributed by atoms with Gasteiger partial charge in [-0.2, -0.15) is 4.98 Å². The smallest absolute Gasteiger partial charge is 0.337 e. The van der Waals surface area contributed by atoms with Gasteiger partial charge in [0.25, 0.3) is 5.91 Å². The monoisotopic (exact) mass is 507 g/mol. The second-order valence-corrected chi connectivity index (χ2v) is 9.14. The van der Waals surface area contributed by atoms with Gasteiger partial charge in [0, 0.05) is 11.4 Å². The maximum absolute atomic E-state index is 13.7. The predicted molar refractivity (Wildman–Crippen MR) is 140 cm³/mol. The van der Waals surface area contributed by atoms with Crippen LogP contribution in [-0.4, -0.2) is 46.1 Å². The fraction of sp³-hybridized carbons (Fsp3) is 0.308. The van der Waals surface area contributed by atoms with Gasteiger partial charge in [0.05, 0.1) is 30.5 Å². The van der Waals surface area contributed by atoms with Gasteiger partial charge in [-0.3, -0.25) is 4.79 Å². The molecule has 0 aliphatic carbocycles. The summed E-state index contributed by atoms with van der Waals surface area (Å²) in [4.78, 5) is 30.3. The second-order valence-electron chi connectivity index (χ2n) is 8.07. The second kappa shape index (κ2) is 11.3. The molecule has 4 rings (SSSR count). The summed E-state index contributed by atoms with van der Waals surface area (Å²) in [6.07, 6.45) is 0.991. The highest BCUT2D eigenvalue weighted by Gasteiger charge is 2.34. The highest BCUT2D eigenvalue weighted by molar-refractivity contribution is 7.99. The molecule has 1 atom stereocenters. The van der Waals surface area contributed by atoms with Crippen LogP contribution in [0.1, 0.15) is 49.2 Å². The number of benzene rings is 2. The predicted octanol–water partition coefficient (Wildman–Crippen LogP) is 4.89. The molecule has 0 fully saturated rings. The summed E-state index contributed by atoms with van der Waals surface area (Å²) in [5.74, 6) is 1.31. The Morgan fingerprint density at radius 1 is 1.14 bits per heavy atom. The fourth-order valence-electron chi connectivity index (χ4n) is 3.95. The van der Waals surface area contributed by atoms with Crippen LogP contribution in [0.5, 0.6) is 5.75 Å². The molecule has 0 saturated carbocycles. The Bertz CT molecular complexity index is 1290. The number of amides is 1. The zero-order chi connectivity index (χ0) is 25.7. The maximum Gasteiger partial charge on any atom is 0.337 e. The summed E-state index contributed by atoms with van der Waals surface area (Å²) in [5, 5.41) is 11.6. The van der Waals surface area contributed by atoms with E-state index in [1.165, 1.54) is 7.11 Å². The minimum absolute atomic E-state index is 0.293. The number of aromatic nitrogens is 3. The number of nitrogens with zero attached hydrogens (tertiary/aromatic N) is 3. The molecule has 9 nitrogen and oxygen atoms in total. The lowest BCUT2D eigenvalue weighted by Gasteiger charge is -2.29. The molecular formula is C26H29N5O4S. The topological polar surface area (TPSA) is 107 Å². The fourth-order valence-corrected chi connectivity index (χ4v) is 4.63. The number of esters is 1. The van der Waals surface area contributed by atoms with Gasteiger partial charge in [0.15, 0.2) is 0 Å². The zero-order valence-electron chi connectivity index (χ0n) is 20.7. The number of carbonyl (C=O) groups is 2. The number of hydrogen-bond acceptors (Lipinski definition) is 8. The lowest BCUT2D eigenvalue weighted by molar-refractivity contribution is -0.113. The molecule has 3 aromatic rings. The van der Waals surface area contributed by atoms with Gasteiger partial charge in [-0.05, 0) is 50.1 Å². The number of rotatable bonds is 9. The normalized spacial score (nSPS) is 14.6. The standard InChI is InChI=1S/C26H29N5O4S/c1-5-15-36-26-29-25-27-16(3)21(23(32)28-19-9-7-8-10-20(19)35-6-2)22(31(25)30-26)17-11-13-18(14-12-17)24(33)34-4/h7-14,22H,5-6,15H2,1-4H3,(H,28,32)(H,27,29,30). The van der Waals surface area contributed by atoms with Gasteiger partial charge >= 0.3 is 5.97 Å². The molecule has 1 aliphatic heterocycles. The van der Waals surface area contributed by atoms with E-state index in [9.17, 15) is 9.59 Å². The van der Waals surface area contributed by atoms with Crippen molar-refractivity contribution in [3.63, 3.8) is 0 Å². The molecule has 2 aromatic carbocycles. The summed E-state index contributed by atoms with van der Waals surface area (Å²) in [5.41, 5.74) is 2.93. The number of carbonyl (C=O) groups excluding carboxylic acids is 2. The van der Waals surface area contributed by atoms with Crippen LogP contribution in [0, 0.1) is 0 Å². The third kappa shape index (κ3) is 5.23. The molecule has 2 heterocycles. The lowest BCUT2D eigenvalue weighted by atomic mass is 9.94. The van der Waals surface area contributed by atoms with Gasteiger partial charge in [-0.1, -0.05) is 43.0 Å². The van der Waals surface area contributed by atoms with Crippen LogP contribution < -0.4 is 15.4 Å². The van der Waals surface area contributed by atoms with E-state index in [1.54, 1.807) is 46.8 Å². The minimum atomic E-state index is -0.560. The Labute approximate surface area is 214 Å². The van der Waals surface area contributed by atoms with E-state index in [4.69, 9.17) is 14.6 Å². The highest BCUT2D eigenvalue weighted by Crippen LogP contribution is 2.37. The molecular weight excluding hydrogens is 478 g/mol. The Balaban J connectivity index is 1.75. The van der Waals surface area contributed by atoms with Crippen LogP contribution in [0.15, 0.2) is 65.0 Å². The molecule has 36 heavy (non-hydrogen) atoms. The van der Waals surface area contributed by atoms with Gasteiger partial charge in [-0.15, -0.1) is 5.10 Å². The molecule has 1 amide bonds. The van der Waals surface area contributed by atoms with Gasteiger partial charge in [0.2, 0.25) is 11.1 Å². The first-order valence-electron chi connectivity index (χ1n) is 11.7. The molecule has 1 aliphatic rings. The van der Waals surface area contributed by atoms with E-state index in [0.717, 1.165) is 17.7 Å². The first kappa shape index (κ1) is 25.3. The van der Waals surface area contributed by atoms with Crippen molar-refractivity contribution >= 4 is 35.3 Å². The van der Waals surface area contributed by atoms with Crippen molar-refractivity contribution in [1.29, 1.82) is 0 Å². The van der Waals surface area contributed by atoms with Gasteiger partial charge in [0.1, 0.15) is 11.8 Å². The molecule has 10 heteroatoms. The van der Waals surface area contributed by atoms with Crippen LogP contribution >= 0.6 is 11.8 Å². The number of thioether (sulfide) groups is 1. The molecule has 0 bridgehead atoms. The number of hydrogen-bond donors (Lipinski definition) is 2. The van der Waals surface area contributed by atoms with Gasteiger partial charge in [-0.25, -0.2) is 9.48 Å². The van der Waals surface area contributed by atoms with E-state index in [0.29, 0.717) is 46.0 Å². The summed E-state index contributed by atoms with van der Waals surface area (Å²) in [6.45, 7) is 6.31. The van der Waals surface area contributed by atoms with Crippen molar-refractivity contribution in [3.8, 4) is 5.75 Å². The third-order valence-corrected chi connectivity index (χ3v) is 6.64. The van der Waals surface area contributed by atoms with E-state index >= 15 is 0 Å². The van der Waals surface area contributed by atoms with Crippen molar-refractivity contribution in [2.24, 2.45) is 0 Å². The number of para-hydroxylation sites is 2. The number of fused-ring (bicyclic) bond motifs is 1. The zero-order valence-corrected chi connectivity index (χ0v) is 21.5. The minimum Gasteiger partial charge on any atom is -0.492 e. The average Bonchev–Trinajstić information content (AvgIpc) is 3.29. The molecule has 1 aromatic heterocycles. The highest BCUT2D eigenvalue weighted by atomic mass is 32.2. The van der Waals surface area contributed by atoms with Crippen LogP contribution in [0.3, 0.4) is 0 Å². The Morgan fingerprint density at radius 3 is 2.58 bits per heavy atom. The summed E-state index contributed by atoms with van der Waals surface area (Å²) in [7, 11) is 1.34.